The molecule has 17 heavy (non-hydrogen) atoms. The second-order valence-electron chi connectivity index (χ2n) is 5.56. The van der Waals surface area contributed by atoms with Crippen LogP contribution in [0.2, 0.25) is 0 Å². The number of nitrogens with zero attached hydrogens (tertiary/aromatic N) is 3. The molecule has 1 aromatic heterocycles. The maximum atomic E-state index is 4.46. The Labute approximate surface area is 103 Å². The highest BCUT2D eigenvalue weighted by Gasteiger charge is 2.39. The first kappa shape index (κ1) is 11.2. The van der Waals surface area contributed by atoms with E-state index in [2.05, 4.69) is 27.0 Å². The summed E-state index contributed by atoms with van der Waals surface area (Å²) in [6, 6.07) is 0.657. The first-order valence-electron chi connectivity index (χ1n) is 6.96. The van der Waals surface area contributed by atoms with Crippen LogP contribution in [0, 0.1) is 0 Å². The van der Waals surface area contributed by atoms with Gasteiger partial charge in [-0.2, -0.15) is 0 Å². The topological polar surface area (TPSA) is 42.7 Å². The summed E-state index contributed by atoms with van der Waals surface area (Å²) in [5, 5.41) is 12.1. The standard InChI is InChI=1S/C13H22N4/c1-2-13(7-8-14-9-13)12-16-15-10-17(12)11-5-3-4-6-11/h10-11,14H,2-9H2,1H3. The molecule has 1 saturated carbocycles. The van der Waals surface area contributed by atoms with Gasteiger partial charge in [0.15, 0.2) is 0 Å². The molecule has 1 aromatic rings. The number of rotatable bonds is 3. The lowest BCUT2D eigenvalue weighted by Crippen LogP contribution is -2.32. The predicted octanol–water partition coefficient (Wildman–Crippen LogP) is 2.03. The molecule has 0 amide bonds. The smallest absolute Gasteiger partial charge is 0.140 e. The van der Waals surface area contributed by atoms with E-state index in [9.17, 15) is 0 Å². The lowest BCUT2D eigenvalue weighted by Gasteiger charge is -2.28. The van der Waals surface area contributed by atoms with Crippen molar-refractivity contribution < 1.29 is 0 Å². The molecule has 0 bridgehead atoms. The Morgan fingerprint density at radius 3 is 2.94 bits per heavy atom. The lowest BCUT2D eigenvalue weighted by atomic mass is 9.83. The first-order chi connectivity index (χ1) is 8.36. The van der Waals surface area contributed by atoms with Crippen LogP contribution in [0.5, 0.6) is 0 Å². The Balaban J connectivity index is 1.94. The van der Waals surface area contributed by atoms with Gasteiger partial charge < -0.3 is 9.88 Å². The monoisotopic (exact) mass is 234 g/mol. The van der Waals surface area contributed by atoms with E-state index >= 15 is 0 Å². The van der Waals surface area contributed by atoms with Gasteiger partial charge in [-0.3, -0.25) is 0 Å². The van der Waals surface area contributed by atoms with E-state index < -0.39 is 0 Å². The van der Waals surface area contributed by atoms with Gasteiger partial charge in [0, 0.05) is 18.0 Å². The van der Waals surface area contributed by atoms with E-state index in [1.807, 2.05) is 6.33 Å². The first-order valence-corrected chi connectivity index (χ1v) is 6.96. The second-order valence-corrected chi connectivity index (χ2v) is 5.56. The zero-order chi connectivity index (χ0) is 11.7. The summed E-state index contributed by atoms with van der Waals surface area (Å²) < 4.78 is 2.38. The maximum absolute atomic E-state index is 4.46. The van der Waals surface area contributed by atoms with Gasteiger partial charge in [0.05, 0.1) is 0 Å². The molecule has 94 valence electrons. The van der Waals surface area contributed by atoms with Crippen LogP contribution < -0.4 is 5.32 Å². The molecule has 1 aliphatic carbocycles. The van der Waals surface area contributed by atoms with Gasteiger partial charge in [-0.15, -0.1) is 10.2 Å². The number of hydrogen-bond donors (Lipinski definition) is 1. The molecule has 2 heterocycles. The van der Waals surface area contributed by atoms with E-state index in [4.69, 9.17) is 0 Å². The Morgan fingerprint density at radius 1 is 1.47 bits per heavy atom. The van der Waals surface area contributed by atoms with Gasteiger partial charge in [0.1, 0.15) is 12.2 Å². The Kier molecular flexibility index (Phi) is 2.90. The van der Waals surface area contributed by atoms with Crippen LogP contribution >= 0.6 is 0 Å². The van der Waals surface area contributed by atoms with E-state index in [-0.39, 0.29) is 5.41 Å². The van der Waals surface area contributed by atoms with E-state index in [0.29, 0.717) is 6.04 Å². The van der Waals surface area contributed by atoms with Crippen molar-refractivity contribution in [1.82, 2.24) is 20.1 Å². The summed E-state index contributed by atoms with van der Waals surface area (Å²) >= 11 is 0. The Hall–Kier alpha value is -0.900. The van der Waals surface area contributed by atoms with Gasteiger partial charge in [-0.05, 0) is 32.2 Å². The average Bonchev–Trinajstić information content (AvgIpc) is 3.10. The van der Waals surface area contributed by atoms with Crippen molar-refractivity contribution in [2.24, 2.45) is 0 Å². The largest absolute Gasteiger partial charge is 0.316 e. The SMILES string of the molecule is CCC1(c2nncn2C2CCCC2)CCNC1. The van der Waals surface area contributed by atoms with Crippen LogP contribution in [0.15, 0.2) is 6.33 Å². The van der Waals surface area contributed by atoms with E-state index in [1.165, 1.54) is 37.9 Å². The molecule has 1 unspecified atom stereocenters. The van der Waals surface area contributed by atoms with Crippen molar-refractivity contribution in [2.45, 2.75) is 56.9 Å². The highest BCUT2D eigenvalue weighted by Crippen LogP contribution is 2.37. The van der Waals surface area contributed by atoms with Crippen molar-refractivity contribution in [3.63, 3.8) is 0 Å². The van der Waals surface area contributed by atoms with Gasteiger partial charge in [-0.25, -0.2) is 0 Å². The van der Waals surface area contributed by atoms with Crippen molar-refractivity contribution in [1.29, 1.82) is 0 Å². The third kappa shape index (κ3) is 1.79. The normalized spacial score (nSPS) is 30.2. The molecule has 2 fully saturated rings. The molecule has 0 spiro atoms. The van der Waals surface area contributed by atoms with Gasteiger partial charge in [0.2, 0.25) is 0 Å². The van der Waals surface area contributed by atoms with Crippen molar-refractivity contribution in [3.05, 3.63) is 12.2 Å². The summed E-state index contributed by atoms with van der Waals surface area (Å²) in [5.41, 5.74) is 0.235. The molecule has 4 heteroatoms. The van der Waals surface area contributed by atoms with Crippen LogP contribution in [0.4, 0.5) is 0 Å². The van der Waals surface area contributed by atoms with Crippen molar-refractivity contribution in [2.75, 3.05) is 13.1 Å². The maximum Gasteiger partial charge on any atom is 0.140 e. The molecule has 1 saturated heterocycles. The highest BCUT2D eigenvalue weighted by atomic mass is 15.3. The molecule has 4 nitrogen and oxygen atoms in total. The van der Waals surface area contributed by atoms with Gasteiger partial charge >= 0.3 is 0 Å². The fourth-order valence-electron chi connectivity index (χ4n) is 3.47. The highest BCUT2D eigenvalue weighted by molar-refractivity contribution is 5.13. The van der Waals surface area contributed by atoms with Crippen LogP contribution in [0.1, 0.15) is 57.3 Å². The van der Waals surface area contributed by atoms with Gasteiger partial charge in [-0.1, -0.05) is 19.8 Å². The third-order valence-corrected chi connectivity index (χ3v) is 4.69. The third-order valence-electron chi connectivity index (χ3n) is 4.69. The number of hydrogen-bond acceptors (Lipinski definition) is 3. The zero-order valence-electron chi connectivity index (χ0n) is 10.7. The molecule has 0 aromatic carbocycles. The summed E-state index contributed by atoms with van der Waals surface area (Å²) in [5.74, 6) is 1.23. The summed E-state index contributed by atoms with van der Waals surface area (Å²) in [4.78, 5) is 0. The minimum absolute atomic E-state index is 0.235. The minimum atomic E-state index is 0.235. The van der Waals surface area contributed by atoms with E-state index in [0.717, 1.165) is 19.5 Å². The molecule has 1 aliphatic heterocycles. The number of nitrogens with one attached hydrogen (secondary N) is 1. The summed E-state index contributed by atoms with van der Waals surface area (Å²) in [6.07, 6.45) is 9.65. The van der Waals surface area contributed by atoms with Crippen LogP contribution in [0.25, 0.3) is 0 Å². The quantitative estimate of drug-likeness (QED) is 0.870. The fraction of sp³-hybridized carbons (Fsp3) is 0.846. The molecular formula is C13H22N4. The molecule has 0 radical (unpaired) electrons. The minimum Gasteiger partial charge on any atom is -0.316 e. The lowest BCUT2D eigenvalue weighted by molar-refractivity contribution is 0.377. The van der Waals surface area contributed by atoms with Crippen LogP contribution in [0.3, 0.4) is 0 Å². The molecule has 2 aliphatic rings. The van der Waals surface area contributed by atoms with E-state index in [1.54, 1.807) is 0 Å². The molecule has 1 atom stereocenters. The van der Waals surface area contributed by atoms with Crippen LogP contribution in [-0.4, -0.2) is 27.9 Å². The molecule has 3 rings (SSSR count). The van der Waals surface area contributed by atoms with Crippen LogP contribution in [-0.2, 0) is 5.41 Å². The predicted molar refractivity (Wildman–Crippen MR) is 67.0 cm³/mol. The van der Waals surface area contributed by atoms with Gasteiger partial charge in [0.25, 0.3) is 0 Å². The van der Waals surface area contributed by atoms with Crippen molar-refractivity contribution >= 4 is 0 Å². The Morgan fingerprint density at radius 2 is 2.29 bits per heavy atom. The average molecular weight is 234 g/mol. The molecular weight excluding hydrogens is 212 g/mol. The summed E-state index contributed by atoms with van der Waals surface area (Å²) in [6.45, 7) is 4.46. The zero-order valence-corrected chi connectivity index (χ0v) is 10.7. The summed E-state index contributed by atoms with van der Waals surface area (Å²) in [7, 11) is 0. The number of aromatic nitrogens is 3. The van der Waals surface area contributed by atoms with Crippen molar-refractivity contribution in [3.8, 4) is 0 Å². The molecule has 1 N–H and O–H groups in total. The Bertz CT molecular complexity index is 373. The fourth-order valence-corrected chi connectivity index (χ4v) is 3.47. The second kappa shape index (κ2) is 4.41.